The average molecular weight is 303 g/mol. The second-order valence-corrected chi connectivity index (χ2v) is 8.25. The molecule has 0 radical (unpaired) electrons. The van der Waals surface area contributed by atoms with Gasteiger partial charge in [-0.05, 0) is 80.2 Å². The molecule has 5 rings (SSSR count). The molecule has 0 amide bonds. The molecule has 0 aromatic heterocycles. The first-order valence-electron chi connectivity index (χ1n) is 8.32. The van der Waals surface area contributed by atoms with Crippen LogP contribution >= 0.6 is 11.6 Å². The molecule has 4 saturated carbocycles. The van der Waals surface area contributed by atoms with Gasteiger partial charge in [-0.25, -0.2) is 0 Å². The molecule has 1 aromatic carbocycles. The first kappa shape index (κ1) is 13.8. The summed E-state index contributed by atoms with van der Waals surface area (Å²) in [6.45, 7) is 1.77. The Hall–Kier alpha value is -0.820. The molecule has 4 fully saturated rings. The fourth-order valence-corrected chi connectivity index (χ4v) is 6.47. The monoisotopic (exact) mass is 302 g/mol. The molecule has 4 aliphatic carbocycles. The Morgan fingerprint density at radius 2 is 1.62 bits per heavy atom. The molecule has 21 heavy (non-hydrogen) atoms. The van der Waals surface area contributed by atoms with Crippen LogP contribution in [0, 0.1) is 23.2 Å². The number of rotatable bonds is 3. The highest BCUT2D eigenvalue weighted by molar-refractivity contribution is 6.31. The van der Waals surface area contributed by atoms with E-state index in [1.165, 1.54) is 38.5 Å². The van der Waals surface area contributed by atoms with Crippen molar-refractivity contribution in [2.45, 2.75) is 51.4 Å². The Kier molecular flexibility index (Phi) is 3.19. The third kappa shape index (κ3) is 2.16. The van der Waals surface area contributed by atoms with Gasteiger partial charge in [-0.1, -0.05) is 29.8 Å². The van der Waals surface area contributed by atoms with Crippen LogP contribution in [0.1, 0.15) is 56.9 Å². The van der Waals surface area contributed by atoms with Crippen molar-refractivity contribution in [2.75, 3.05) is 0 Å². The van der Waals surface area contributed by atoms with E-state index < -0.39 is 0 Å². The largest absolute Gasteiger partial charge is 0.299 e. The molecular weight excluding hydrogens is 280 g/mol. The van der Waals surface area contributed by atoms with E-state index in [2.05, 4.69) is 6.07 Å². The summed E-state index contributed by atoms with van der Waals surface area (Å²) in [6.07, 6.45) is 7.96. The molecule has 112 valence electrons. The predicted octanol–water partition coefficient (Wildman–Crippen LogP) is 5.23. The van der Waals surface area contributed by atoms with E-state index in [9.17, 15) is 4.79 Å². The number of hydrogen-bond acceptors (Lipinski definition) is 1. The second kappa shape index (κ2) is 4.84. The van der Waals surface area contributed by atoms with Gasteiger partial charge in [0.1, 0.15) is 5.78 Å². The summed E-state index contributed by atoms with van der Waals surface area (Å²) >= 11 is 6.45. The maximum atomic E-state index is 12.6. The van der Waals surface area contributed by atoms with Gasteiger partial charge in [-0.2, -0.15) is 0 Å². The van der Waals surface area contributed by atoms with Gasteiger partial charge >= 0.3 is 0 Å². The molecular formula is C19H23ClO. The lowest BCUT2D eigenvalue weighted by Gasteiger charge is -2.59. The summed E-state index contributed by atoms with van der Waals surface area (Å²) < 4.78 is 0. The van der Waals surface area contributed by atoms with Crippen LogP contribution in [0.25, 0.3) is 0 Å². The maximum Gasteiger partial charge on any atom is 0.137 e. The smallest absolute Gasteiger partial charge is 0.137 e. The van der Waals surface area contributed by atoms with Crippen molar-refractivity contribution in [3.05, 3.63) is 34.9 Å². The minimum absolute atomic E-state index is 0.0135. The Balaban J connectivity index is 1.78. The first-order valence-corrected chi connectivity index (χ1v) is 8.70. The van der Waals surface area contributed by atoms with Crippen molar-refractivity contribution in [1.82, 2.24) is 0 Å². The zero-order valence-corrected chi connectivity index (χ0v) is 13.4. The lowest BCUT2D eigenvalue weighted by Crippen LogP contribution is -2.50. The topological polar surface area (TPSA) is 17.1 Å². The number of carbonyl (C=O) groups is 1. The van der Waals surface area contributed by atoms with Gasteiger partial charge < -0.3 is 0 Å². The molecule has 0 spiro atoms. The summed E-state index contributed by atoms with van der Waals surface area (Å²) in [5.41, 5.74) is 1.28. The Labute approximate surface area is 132 Å². The third-order valence-corrected chi connectivity index (χ3v) is 6.66. The molecule has 0 saturated heterocycles. The molecule has 4 bridgehead atoms. The van der Waals surface area contributed by atoms with Crippen molar-refractivity contribution in [3.63, 3.8) is 0 Å². The van der Waals surface area contributed by atoms with Crippen molar-refractivity contribution in [2.24, 2.45) is 23.2 Å². The molecule has 0 aliphatic heterocycles. The van der Waals surface area contributed by atoms with E-state index in [-0.39, 0.29) is 11.3 Å². The fraction of sp³-hybridized carbons (Fsp3) is 0.632. The first-order chi connectivity index (χ1) is 10.1. The van der Waals surface area contributed by atoms with Gasteiger partial charge in [0.15, 0.2) is 0 Å². The van der Waals surface area contributed by atoms with Gasteiger partial charge in [0.2, 0.25) is 0 Å². The number of Topliss-reactive ketones (excluding diaryl/α,β-unsaturated/α-hetero) is 1. The Morgan fingerprint density at radius 1 is 1.10 bits per heavy atom. The highest BCUT2D eigenvalue weighted by Crippen LogP contribution is 2.65. The van der Waals surface area contributed by atoms with Crippen LogP contribution in [0.4, 0.5) is 0 Å². The molecule has 1 unspecified atom stereocenters. The molecule has 1 atom stereocenters. The Bertz CT molecular complexity index is 541. The van der Waals surface area contributed by atoms with E-state index in [4.69, 9.17) is 11.6 Å². The lowest BCUT2D eigenvalue weighted by atomic mass is 9.45. The zero-order valence-electron chi connectivity index (χ0n) is 12.6. The van der Waals surface area contributed by atoms with E-state index in [1.807, 2.05) is 18.2 Å². The average Bonchev–Trinajstić information content (AvgIpc) is 2.39. The number of benzene rings is 1. The predicted molar refractivity (Wildman–Crippen MR) is 85.5 cm³/mol. The zero-order chi connectivity index (χ0) is 14.6. The lowest BCUT2D eigenvalue weighted by molar-refractivity contribution is -0.129. The highest BCUT2D eigenvalue weighted by Gasteiger charge is 2.55. The van der Waals surface area contributed by atoms with Gasteiger partial charge in [-0.15, -0.1) is 0 Å². The molecule has 0 N–H and O–H groups in total. The van der Waals surface area contributed by atoms with Crippen LogP contribution in [0.5, 0.6) is 0 Å². The van der Waals surface area contributed by atoms with E-state index >= 15 is 0 Å². The van der Waals surface area contributed by atoms with Crippen molar-refractivity contribution in [3.8, 4) is 0 Å². The van der Waals surface area contributed by atoms with Crippen molar-refractivity contribution < 1.29 is 4.79 Å². The standard InChI is InChI=1S/C19H23ClO/c1-12(21)18(16-4-2-3-5-17(16)20)19-9-13-6-14(10-19)8-15(7-13)11-19/h2-5,13-15,18H,6-11H2,1H3. The van der Waals surface area contributed by atoms with Crippen LogP contribution < -0.4 is 0 Å². The van der Waals surface area contributed by atoms with Gasteiger partial charge in [0.25, 0.3) is 0 Å². The second-order valence-electron chi connectivity index (χ2n) is 7.85. The van der Waals surface area contributed by atoms with Crippen LogP contribution in [-0.4, -0.2) is 5.78 Å². The summed E-state index contributed by atoms with van der Waals surface area (Å²) in [5.74, 6) is 2.91. The van der Waals surface area contributed by atoms with E-state index in [0.29, 0.717) is 5.78 Å². The summed E-state index contributed by atoms with van der Waals surface area (Å²) in [4.78, 5) is 12.6. The molecule has 2 heteroatoms. The molecule has 4 aliphatic rings. The van der Waals surface area contributed by atoms with Crippen LogP contribution in [0.15, 0.2) is 24.3 Å². The van der Waals surface area contributed by atoms with Crippen LogP contribution in [-0.2, 0) is 4.79 Å². The minimum atomic E-state index is 0.0135. The molecule has 0 heterocycles. The summed E-state index contributed by atoms with van der Waals surface area (Å²) in [5, 5.41) is 0.772. The molecule has 1 aromatic rings. The number of hydrogen-bond donors (Lipinski definition) is 0. The van der Waals surface area contributed by atoms with Gasteiger partial charge in [0, 0.05) is 10.9 Å². The quantitative estimate of drug-likeness (QED) is 0.747. The number of ketones is 1. The van der Waals surface area contributed by atoms with Gasteiger partial charge in [-0.3, -0.25) is 4.79 Å². The Morgan fingerprint density at radius 3 is 2.10 bits per heavy atom. The normalized spacial score (nSPS) is 38.5. The third-order valence-electron chi connectivity index (χ3n) is 6.32. The fourth-order valence-electron chi connectivity index (χ4n) is 6.22. The SMILES string of the molecule is CC(=O)C(c1ccccc1Cl)C12CC3CC(CC(C3)C1)C2. The summed E-state index contributed by atoms with van der Waals surface area (Å²) in [6, 6.07) is 8.00. The maximum absolute atomic E-state index is 12.6. The number of halogens is 1. The summed E-state index contributed by atoms with van der Waals surface area (Å²) in [7, 11) is 0. The van der Waals surface area contributed by atoms with Crippen LogP contribution in [0.2, 0.25) is 5.02 Å². The van der Waals surface area contributed by atoms with E-state index in [0.717, 1.165) is 28.3 Å². The van der Waals surface area contributed by atoms with Crippen molar-refractivity contribution in [1.29, 1.82) is 0 Å². The minimum Gasteiger partial charge on any atom is -0.299 e. The van der Waals surface area contributed by atoms with E-state index in [1.54, 1.807) is 6.92 Å². The van der Waals surface area contributed by atoms with Gasteiger partial charge in [0.05, 0.1) is 0 Å². The highest BCUT2D eigenvalue weighted by atomic mass is 35.5. The van der Waals surface area contributed by atoms with Crippen LogP contribution in [0.3, 0.4) is 0 Å². The number of carbonyl (C=O) groups excluding carboxylic acids is 1. The van der Waals surface area contributed by atoms with Crippen molar-refractivity contribution >= 4 is 17.4 Å². The molecule has 1 nitrogen and oxygen atoms in total.